The summed E-state index contributed by atoms with van der Waals surface area (Å²) in [6, 6.07) is 11.7. The van der Waals surface area contributed by atoms with E-state index in [1.165, 1.54) is 14.2 Å². The Morgan fingerprint density at radius 2 is 1.77 bits per heavy atom. The van der Waals surface area contributed by atoms with E-state index < -0.39 is 10.0 Å². The number of sulfonamides is 1. The maximum absolute atomic E-state index is 13.7. The number of nitrogens with zero attached hydrogens (tertiary/aromatic N) is 2. The molecule has 1 heterocycles. The number of rotatable bonds is 7. The Bertz CT molecular complexity index is 1000. The van der Waals surface area contributed by atoms with Gasteiger partial charge in [-0.05, 0) is 56.0 Å². The Hall–Kier alpha value is -2.74. The van der Waals surface area contributed by atoms with Crippen molar-refractivity contribution in [3.63, 3.8) is 0 Å². The Morgan fingerprint density at radius 1 is 1.03 bits per heavy atom. The maximum Gasteiger partial charge on any atom is 0.268 e. The lowest BCUT2D eigenvalue weighted by Crippen LogP contribution is -2.45. The van der Waals surface area contributed by atoms with Crippen molar-refractivity contribution in [1.82, 2.24) is 4.90 Å². The number of amides is 1. The molecular formula is C22H28N2O5S. The van der Waals surface area contributed by atoms with Crippen LogP contribution in [0.15, 0.2) is 47.4 Å². The predicted molar refractivity (Wildman–Crippen MR) is 116 cm³/mol. The van der Waals surface area contributed by atoms with Gasteiger partial charge in [-0.2, -0.15) is 0 Å². The molecule has 0 unspecified atom stereocenters. The summed E-state index contributed by atoms with van der Waals surface area (Å²) in [6.07, 6.45) is 2.95. The van der Waals surface area contributed by atoms with Crippen LogP contribution in [0.1, 0.15) is 24.8 Å². The molecule has 162 valence electrons. The molecule has 0 aromatic heterocycles. The normalized spacial score (nSPS) is 14.3. The van der Waals surface area contributed by atoms with E-state index in [-0.39, 0.29) is 23.1 Å². The van der Waals surface area contributed by atoms with Gasteiger partial charge < -0.3 is 14.4 Å². The average Bonchev–Trinajstić information content (AvgIpc) is 2.77. The SMILES string of the molecule is COc1cccc(N(CC(=O)N2CCCCC2)S(=O)(=O)c2cc(C)ccc2OC)c1. The molecular weight excluding hydrogens is 404 g/mol. The molecule has 1 aliphatic heterocycles. The van der Waals surface area contributed by atoms with Crippen LogP contribution in [0.5, 0.6) is 11.5 Å². The fourth-order valence-corrected chi connectivity index (χ4v) is 5.20. The summed E-state index contributed by atoms with van der Waals surface area (Å²) < 4.78 is 39.2. The zero-order valence-electron chi connectivity index (χ0n) is 17.6. The van der Waals surface area contributed by atoms with Gasteiger partial charge in [-0.15, -0.1) is 0 Å². The van der Waals surface area contributed by atoms with Crippen LogP contribution < -0.4 is 13.8 Å². The van der Waals surface area contributed by atoms with E-state index in [1.54, 1.807) is 47.4 Å². The number of hydrogen-bond donors (Lipinski definition) is 0. The number of methoxy groups -OCH3 is 2. The van der Waals surface area contributed by atoms with Gasteiger partial charge >= 0.3 is 0 Å². The predicted octanol–water partition coefficient (Wildman–Crippen LogP) is 3.22. The molecule has 0 radical (unpaired) electrons. The standard InChI is InChI=1S/C22H28N2O5S/c1-17-10-11-20(29-3)21(14-17)30(26,27)24(18-8-7-9-19(15-18)28-2)16-22(25)23-12-5-4-6-13-23/h7-11,14-15H,4-6,12-13,16H2,1-3H3. The number of carbonyl (C=O) groups excluding carboxylic acids is 1. The number of hydrogen-bond acceptors (Lipinski definition) is 5. The second-order valence-corrected chi connectivity index (χ2v) is 9.14. The summed E-state index contributed by atoms with van der Waals surface area (Å²) >= 11 is 0. The second-order valence-electron chi connectivity index (χ2n) is 7.31. The minimum atomic E-state index is -4.07. The Labute approximate surface area is 178 Å². The molecule has 0 spiro atoms. The first-order valence-corrected chi connectivity index (χ1v) is 11.4. The smallest absolute Gasteiger partial charge is 0.268 e. The molecule has 8 heteroatoms. The van der Waals surface area contributed by atoms with Crippen molar-refractivity contribution in [2.24, 2.45) is 0 Å². The van der Waals surface area contributed by atoms with Gasteiger partial charge in [0.05, 0.1) is 19.9 Å². The van der Waals surface area contributed by atoms with E-state index in [0.29, 0.717) is 24.5 Å². The molecule has 7 nitrogen and oxygen atoms in total. The van der Waals surface area contributed by atoms with Gasteiger partial charge in [0.15, 0.2) is 0 Å². The summed E-state index contributed by atoms with van der Waals surface area (Å²) in [5.41, 5.74) is 1.14. The van der Waals surface area contributed by atoms with Gasteiger partial charge in [0.1, 0.15) is 22.9 Å². The van der Waals surface area contributed by atoms with Crippen LogP contribution in [0.4, 0.5) is 5.69 Å². The van der Waals surface area contributed by atoms with Gasteiger partial charge in [-0.1, -0.05) is 12.1 Å². The molecule has 0 atom stereocenters. The van der Waals surface area contributed by atoms with Crippen LogP contribution in [0.25, 0.3) is 0 Å². The van der Waals surface area contributed by atoms with E-state index in [2.05, 4.69) is 0 Å². The molecule has 30 heavy (non-hydrogen) atoms. The molecule has 1 aliphatic rings. The maximum atomic E-state index is 13.7. The van der Waals surface area contributed by atoms with Crippen molar-refractivity contribution in [3.05, 3.63) is 48.0 Å². The molecule has 0 aliphatic carbocycles. The van der Waals surface area contributed by atoms with E-state index in [4.69, 9.17) is 9.47 Å². The van der Waals surface area contributed by atoms with E-state index in [0.717, 1.165) is 29.1 Å². The highest BCUT2D eigenvalue weighted by atomic mass is 32.2. The minimum absolute atomic E-state index is 0.0271. The second kappa shape index (κ2) is 9.38. The summed E-state index contributed by atoms with van der Waals surface area (Å²) in [5.74, 6) is 0.529. The third kappa shape index (κ3) is 4.70. The summed E-state index contributed by atoms with van der Waals surface area (Å²) in [5, 5.41) is 0. The fourth-order valence-electron chi connectivity index (χ4n) is 3.55. The monoisotopic (exact) mass is 432 g/mol. The lowest BCUT2D eigenvalue weighted by Gasteiger charge is -2.31. The average molecular weight is 433 g/mol. The van der Waals surface area contributed by atoms with E-state index in [9.17, 15) is 13.2 Å². The first-order valence-electron chi connectivity index (χ1n) is 9.96. The highest BCUT2D eigenvalue weighted by molar-refractivity contribution is 7.93. The zero-order chi connectivity index (χ0) is 21.7. The summed E-state index contributed by atoms with van der Waals surface area (Å²) in [7, 11) is -1.13. The van der Waals surface area contributed by atoms with Crippen LogP contribution >= 0.6 is 0 Å². The third-order valence-corrected chi connectivity index (χ3v) is 7.01. The molecule has 1 saturated heterocycles. The minimum Gasteiger partial charge on any atom is -0.497 e. The Kier molecular flexibility index (Phi) is 6.87. The topological polar surface area (TPSA) is 76.2 Å². The quantitative estimate of drug-likeness (QED) is 0.672. The third-order valence-electron chi connectivity index (χ3n) is 5.22. The lowest BCUT2D eigenvalue weighted by molar-refractivity contribution is -0.130. The number of likely N-dealkylation sites (tertiary alicyclic amines) is 1. The lowest BCUT2D eigenvalue weighted by atomic mass is 10.1. The number of piperidine rings is 1. The van der Waals surface area contributed by atoms with Gasteiger partial charge in [-0.25, -0.2) is 8.42 Å². The summed E-state index contributed by atoms with van der Waals surface area (Å²) in [6.45, 7) is 2.83. The molecule has 1 amide bonds. The van der Waals surface area contributed by atoms with E-state index >= 15 is 0 Å². The van der Waals surface area contributed by atoms with Crippen LogP contribution in [-0.2, 0) is 14.8 Å². The van der Waals surface area contributed by atoms with Gasteiger partial charge in [0.25, 0.3) is 10.0 Å². The van der Waals surface area contributed by atoms with Gasteiger partial charge in [0, 0.05) is 19.2 Å². The van der Waals surface area contributed by atoms with Crippen LogP contribution in [0, 0.1) is 6.92 Å². The first-order chi connectivity index (χ1) is 14.4. The molecule has 3 rings (SSSR count). The van der Waals surface area contributed by atoms with Crippen LogP contribution in [-0.4, -0.2) is 53.1 Å². The van der Waals surface area contributed by atoms with Crippen molar-refractivity contribution in [2.75, 3.05) is 38.2 Å². The zero-order valence-corrected chi connectivity index (χ0v) is 18.4. The number of ether oxygens (including phenoxy) is 2. The number of anilines is 1. The Morgan fingerprint density at radius 3 is 2.43 bits per heavy atom. The van der Waals surface area contributed by atoms with Crippen molar-refractivity contribution < 1.29 is 22.7 Å². The molecule has 2 aromatic carbocycles. The highest BCUT2D eigenvalue weighted by Gasteiger charge is 2.32. The first kappa shape index (κ1) is 22.0. The fraction of sp³-hybridized carbons (Fsp3) is 0.409. The number of carbonyl (C=O) groups is 1. The van der Waals surface area contributed by atoms with Crippen molar-refractivity contribution in [3.8, 4) is 11.5 Å². The molecule has 0 N–H and O–H groups in total. The van der Waals surface area contributed by atoms with Crippen molar-refractivity contribution >= 4 is 21.6 Å². The highest BCUT2D eigenvalue weighted by Crippen LogP contribution is 2.32. The molecule has 0 bridgehead atoms. The molecule has 2 aromatic rings. The largest absolute Gasteiger partial charge is 0.497 e. The van der Waals surface area contributed by atoms with Crippen molar-refractivity contribution in [1.29, 1.82) is 0 Å². The number of aryl methyl sites for hydroxylation is 1. The number of benzene rings is 2. The van der Waals surface area contributed by atoms with Gasteiger partial charge in [0.2, 0.25) is 5.91 Å². The van der Waals surface area contributed by atoms with E-state index in [1.807, 2.05) is 6.92 Å². The summed E-state index contributed by atoms with van der Waals surface area (Å²) in [4.78, 5) is 14.8. The van der Waals surface area contributed by atoms with Crippen LogP contribution in [0.2, 0.25) is 0 Å². The van der Waals surface area contributed by atoms with Crippen molar-refractivity contribution in [2.45, 2.75) is 31.1 Å². The van der Waals surface area contributed by atoms with Gasteiger partial charge in [-0.3, -0.25) is 9.10 Å². The molecule has 0 saturated carbocycles. The molecule has 1 fully saturated rings. The van der Waals surface area contributed by atoms with Crippen LogP contribution in [0.3, 0.4) is 0 Å². The Balaban J connectivity index is 2.06.